The molecule has 4 N–H and O–H groups in total. The van der Waals surface area contributed by atoms with Crippen molar-refractivity contribution in [3.05, 3.63) is 139 Å². The number of carbonyl (C=O) groups is 2. The largest absolute Gasteiger partial charge is 0.507 e. The van der Waals surface area contributed by atoms with Gasteiger partial charge in [0, 0.05) is 24.0 Å². The van der Waals surface area contributed by atoms with Gasteiger partial charge in [0.05, 0.1) is 11.1 Å². The Morgan fingerprint density at radius 1 is 0.467 bits per heavy atom. The summed E-state index contributed by atoms with van der Waals surface area (Å²) in [6.45, 7) is 24.8. The smallest absolute Gasteiger partial charge is 0.336 e. The van der Waals surface area contributed by atoms with Crippen molar-refractivity contribution >= 4 is 11.9 Å². The van der Waals surface area contributed by atoms with Crippen molar-refractivity contribution in [2.24, 2.45) is 0 Å². The summed E-state index contributed by atoms with van der Waals surface area (Å²) >= 11 is 0. The maximum Gasteiger partial charge on any atom is 0.336 e. The van der Waals surface area contributed by atoms with Crippen LogP contribution >= 0.6 is 0 Å². The Balaban J connectivity index is 2.00. The van der Waals surface area contributed by atoms with E-state index in [9.17, 15) is 30.0 Å². The molecule has 6 heteroatoms. The Kier molecular flexibility index (Phi) is 13.8. The number of phenols is 2. The summed E-state index contributed by atoms with van der Waals surface area (Å²) < 4.78 is 0. The number of carboxylic acid groups (broad SMARTS) is 2. The van der Waals surface area contributed by atoms with E-state index in [4.69, 9.17) is 0 Å². The molecule has 0 fully saturated rings. The monoisotopic (exact) mass is 810 g/mol. The number of carboxylic acids is 2. The molecule has 0 saturated heterocycles. The fourth-order valence-corrected chi connectivity index (χ4v) is 8.94. The van der Waals surface area contributed by atoms with Crippen LogP contribution in [0.15, 0.2) is 60.7 Å². The van der Waals surface area contributed by atoms with Crippen molar-refractivity contribution < 1.29 is 30.0 Å². The van der Waals surface area contributed by atoms with Crippen LogP contribution in [0.5, 0.6) is 11.5 Å². The van der Waals surface area contributed by atoms with Gasteiger partial charge in [-0.25, -0.2) is 9.59 Å². The summed E-state index contributed by atoms with van der Waals surface area (Å²) in [6.07, 6.45) is 5.41. The Morgan fingerprint density at radius 3 is 1.07 bits per heavy atom. The van der Waals surface area contributed by atoms with Gasteiger partial charge in [0.15, 0.2) is 0 Å². The van der Waals surface area contributed by atoms with Gasteiger partial charge in [0.2, 0.25) is 0 Å². The number of aromatic carboxylic acids is 2. The molecule has 0 saturated carbocycles. The third-order valence-corrected chi connectivity index (χ3v) is 11.7. The van der Waals surface area contributed by atoms with Crippen molar-refractivity contribution in [1.82, 2.24) is 0 Å². The summed E-state index contributed by atoms with van der Waals surface area (Å²) in [5.74, 6) is -1.88. The molecule has 318 valence electrons. The van der Waals surface area contributed by atoms with Crippen LogP contribution < -0.4 is 0 Å². The molecule has 0 radical (unpaired) electrons. The van der Waals surface area contributed by atoms with Crippen LogP contribution in [-0.2, 0) is 36.5 Å². The summed E-state index contributed by atoms with van der Waals surface area (Å²) in [4.78, 5) is 27.3. The summed E-state index contributed by atoms with van der Waals surface area (Å²) in [5.41, 5.74) is 12.2. The average Bonchev–Trinajstić information content (AvgIpc) is 3.14. The Hall–Kier alpha value is -5.36. The highest BCUT2D eigenvalue weighted by molar-refractivity contribution is 6.09. The molecule has 0 aliphatic rings. The van der Waals surface area contributed by atoms with Gasteiger partial charge in [-0.05, 0) is 132 Å². The predicted octanol–water partition coefficient (Wildman–Crippen LogP) is 13.5. The highest BCUT2D eigenvalue weighted by Crippen LogP contribution is 2.47. The van der Waals surface area contributed by atoms with E-state index in [1.165, 1.54) is 12.1 Å². The van der Waals surface area contributed by atoms with Crippen LogP contribution in [0.3, 0.4) is 0 Å². The number of phenolic OH excluding ortho intramolecular Hbond substituents is 2. The molecule has 6 nitrogen and oxygen atoms in total. The molecule has 0 spiro atoms. The van der Waals surface area contributed by atoms with Crippen LogP contribution in [0.4, 0.5) is 0 Å². The predicted molar refractivity (Wildman–Crippen MR) is 247 cm³/mol. The van der Waals surface area contributed by atoms with Gasteiger partial charge < -0.3 is 20.4 Å². The van der Waals surface area contributed by atoms with Gasteiger partial charge in [-0.3, -0.25) is 0 Å². The minimum atomic E-state index is -1.15. The number of hydrogen-bond donors (Lipinski definition) is 4. The second-order valence-corrected chi connectivity index (χ2v) is 19.1. The van der Waals surface area contributed by atoms with Gasteiger partial charge in [0.1, 0.15) is 11.5 Å². The van der Waals surface area contributed by atoms with Crippen molar-refractivity contribution in [1.29, 1.82) is 0 Å². The minimum absolute atomic E-state index is 0.0167. The second kappa shape index (κ2) is 18.1. The van der Waals surface area contributed by atoms with Crippen LogP contribution in [0, 0.1) is 27.7 Å². The van der Waals surface area contributed by atoms with Gasteiger partial charge in [-0.2, -0.15) is 0 Å². The molecule has 0 heterocycles. The third-order valence-electron chi connectivity index (χ3n) is 11.7. The molecule has 0 amide bonds. The Bertz CT molecular complexity index is 2270. The fourth-order valence-electron chi connectivity index (χ4n) is 8.94. The summed E-state index contributed by atoms with van der Waals surface area (Å²) in [7, 11) is 0. The van der Waals surface area contributed by atoms with E-state index in [2.05, 4.69) is 79.7 Å². The normalized spacial score (nSPS) is 11.9. The SMILES string of the molecule is CCCCc1cc(C)cc(Cc2cc(C)cc(C(C)(C)C)c2O)c1-c1c(C(=O)O)ccc(C(=O)O)c1-c1c(CCCC)cc(C)cc1Cc1cc(C)cc(C(C)(C)C)c1O. The lowest BCUT2D eigenvalue weighted by Gasteiger charge is -2.27. The van der Waals surface area contributed by atoms with Gasteiger partial charge in [0.25, 0.3) is 0 Å². The van der Waals surface area contributed by atoms with E-state index in [1.807, 2.05) is 52.0 Å². The van der Waals surface area contributed by atoms with E-state index in [0.717, 1.165) is 92.4 Å². The molecule has 5 aromatic carbocycles. The molecule has 0 bridgehead atoms. The number of rotatable bonds is 14. The van der Waals surface area contributed by atoms with E-state index in [0.29, 0.717) is 47.9 Å². The van der Waals surface area contributed by atoms with Gasteiger partial charge >= 0.3 is 11.9 Å². The van der Waals surface area contributed by atoms with Crippen molar-refractivity contribution in [3.8, 4) is 33.8 Å². The topological polar surface area (TPSA) is 115 Å². The van der Waals surface area contributed by atoms with E-state index < -0.39 is 11.9 Å². The number of hydrogen-bond acceptors (Lipinski definition) is 4. The van der Waals surface area contributed by atoms with Crippen LogP contribution in [0.2, 0.25) is 0 Å². The van der Waals surface area contributed by atoms with E-state index >= 15 is 0 Å². The zero-order chi connectivity index (χ0) is 44.4. The standard InChI is InChI=1S/C54H66O6/c1-13-15-17-35-21-31(3)23-37(29-39-25-33(5)27-43(49(39)55)53(7,8)9)45(35)47-41(51(57)58)19-20-42(52(59)60)48(47)46-36(18-16-14-2)22-32(4)24-38(46)30-40-26-34(6)28-44(50(40)56)54(10,11)12/h19-28,55-56H,13-18,29-30H2,1-12H3,(H,57,58)(H,59,60). The quantitative estimate of drug-likeness (QED) is 0.0888. The molecule has 0 atom stereocenters. The maximum atomic E-state index is 13.7. The highest BCUT2D eigenvalue weighted by Gasteiger charge is 2.31. The molecular weight excluding hydrogens is 745 g/mol. The zero-order valence-corrected chi connectivity index (χ0v) is 38.0. The molecule has 0 unspecified atom stereocenters. The molecule has 0 aromatic heterocycles. The maximum absolute atomic E-state index is 13.7. The molecular formula is C54H66O6. The average molecular weight is 811 g/mol. The lowest BCUT2D eigenvalue weighted by Crippen LogP contribution is -2.14. The molecule has 5 aromatic rings. The first-order valence-corrected chi connectivity index (χ1v) is 21.6. The first-order valence-electron chi connectivity index (χ1n) is 21.6. The Morgan fingerprint density at radius 2 is 0.767 bits per heavy atom. The number of aromatic hydroxyl groups is 2. The summed E-state index contributed by atoms with van der Waals surface area (Å²) in [6, 6.07) is 19.3. The number of benzene rings is 5. The number of aryl methyl sites for hydroxylation is 6. The van der Waals surface area contributed by atoms with Crippen molar-refractivity contribution in [3.63, 3.8) is 0 Å². The van der Waals surface area contributed by atoms with Crippen molar-refractivity contribution in [2.75, 3.05) is 0 Å². The van der Waals surface area contributed by atoms with Crippen molar-refractivity contribution in [2.45, 2.75) is 145 Å². The molecule has 60 heavy (non-hydrogen) atoms. The van der Waals surface area contributed by atoms with Gasteiger partial charge in [-0.1, -0.05) is 139 Å². The fraction of sp³-hybridized carbons (Fsp3) is 0.407. The van der Waals surface area contributed by atoms with Crippen LogP contribution in [-0.4, -0.2) is 32.4 Å². The third kappa shape index (κ3) is 9.81. The lowest BCUT2D eigenvalue weighted by molar-refractivity contribution is 0.0682. The highest BCUT2D eigenvalue weighted by atomic mass is 16.4. The Labute approximate surface area is 358 Å². The van der Waals surface area contributed by atoms with Crippen LogP contribution in [0.25, 0.3) is 22.3 Å². The van der Waals surface area contributed by atoms with E-state index in [-0.39, 0.29) is 33.5 Å². The molecule has 0 aliphatic heterocycles. The number of unbranched alkanes of at least 4 members (excludes halogenated alkanes) is 2. The summed E-state index contributed by atoms with van der Waals surface area (Å²) in [5, 5.41) is 46.1. The first-order chi connectivity index (χ1) is 28.1. The first kappa shape index (κ1) is 45.7. The zero-order valence-electron chi connectivity index (χ0n) is 38.0. The second-order valence-electron chi connectivity index (χ2n) is 19.1. The van der Waals surface area contributed by atoms with Crippen LogP contribution in [0.1, 0.15) is 169 Å². The van der Waals surface area contributed by atoms with E-state index in [1.54, 1.807) is 0 Å². The minimum Gasteiger partial charge on any atom is -0.507 e. The molecule has 5 rings (SSSR count). The molecule has 0 aliphatic carbocycles. The van der Waals surface area contributed by atoms with Gasteiger partial charge in [-0.15, -0.1) is 0 Å². The lowest BCUT2D eigenvalue weighted by atomic mass is 9.76.